The van der Waals surface area contributed by atoms with Crippen LogP contribution in [-0.2, 0) is 11.8 Å². The fraction of sp³-hybridized carbons (Fsp3) is 0.318. The molecule has 1 aromatic heterocycles. The summed E-state index contributed by atoms with van der Waals surface area (Å²) in [5.74, 6) is -0.752. The van der Waals surface area contributed by atoms with E-state index in [0.717, 1.165) is 0 Å². The number of hydrogen-bond donors (Lipinski definition) is 1. The average molecular weight is 453 g/mol. The first-order chi connectivity index (χ1) is 15.0. The van der Waals surface area contributed by atoms with E-state index < -0.39 is 10.8 Å². The molecule has 0 saturated carbocycles. The molecule has 0 bridgehead atoms. The van der Waals surface area contributed by atoms with Gasteiger partial charge in [-0.25, -0.2) is 0 Å². The molecule has 0 spiro atoms. The highest BCUT2D eigenvalue weighted by Gasteiger charge is 2.46. The van der Waals surface area contributed by atoms with Crippen molar-refractivity contribution in [1.29, 1.82) is 5.26 Å². The van der Waals surface area contributed by atoms with Crippen molar-refractivity contribution in [3.05, 3.63) is 74.0 Å². The van der Waals surface area contributed by atoms with Gasteiger partial charge >= 0.3 is 0 Å². The van der Waals surface area contributed by atoms with E-state index in [9.17, 15) is 20.2 Å². The van der Waals surface area contributed by atoms with Gasteiger partial charge < -0.3 is 5.73 Å². The largest absolute Gasteiger partial charge is 0.384 e. The molecule has 1 atom stereocenters. The van der Waals surface area contributed by atoms with Crippen LogP contribution in [0.25, 0.3) is 0 Å². The molecule has 0 saturated heterocycles. The van der Waals surface area contributed by atoms with Crippen LogP contribution in [0.3, 0.4) is 0 Å². The predicted molar refractivity (Wildman–Crippen MR) is 118 cm³/mol. The molecular weight excluding hydrogens is 432 g/mol. The first-order valence-corrected chi connectivity index (χ1v) is 10.3. The number of Topliss-reactive ketones (excluding diaryl/α,β-unsaturated/α-hetero) is 1. The summed E-state index contributed by atoms with van der Waals surface area (Å²) in [6.45, 7) is 3.92. The molecule has 1 aliphatic heterocycles. The molecule has 1 aliphatic carbocycles. The van der Waals surface area contributed by atoms with Gasteiger partial charge in [-0.1, -0.05) is 25.4 Å². The third-order valence-corrected chi connectivity index (χ3v) is 6.05. The number of halogens is 1. The first-order valence-electron chi connectivity index (χ1n) is 9.92. The SMILES string of the molecule is Cn1cc([C@@H]2C(C#N)=C(N)N(c3ccc(Cl)cc3[N+](=O)[O-])C3=C2C(=O)CC(C)(C)C3)cn1. The van der Waals surface area contributed by atoms with Gasteiger partial charge in [0.05, 0.1) is 28.7 Å². The Bertz CT molecular complexity index is 1270. The van der Waals surface area contributed by atoms with Crippen LogP contribution >= 0.6 is 11.6 Å². The van der Waals surface area contributed by atoms with Gasteiger partial charge in [0, 0.05) is 47.6 Å². The van der Waals surface area contributed by atoms with Gasteiger partial charge in [-0.3, -0.25) is 24.5 Å². The van der Waals surface area contributed by atoms with Crippen LogP contribution in [0.5, 0.6) is 0 Å². The molecule has 0 unspecified atom stereocenters. The summed E-state index contributed by atoms with van der Waals surface area (Å²) in [7, 11) is 1.75. The van der Waals surface area contributed by atoms with Crippen molar-refractivity contribution in [2.24, 2.45) is 18.2 Å². The zero-order valence-electron chi connectivity index (χ0n) is 17.8. The number of benzene rings is 1. The van der Waals surface area contributed by atoms with Crippen molar-refractivity contribution in [3.63, 3.8) is 0 Å². The van der Waals surface area contributed by atoms with Gasteiger partial charge in [-0.05, 0) is 24.0 Å². The maximum atomic E-state index is 13.4. The summed E-state index contributed by atoms with van der Waals surface area (Å²) in [5.41, 5.74) is 7.80. The van der Waals surface area contributed by atoms with Gasteiger partial charge in [-0.2, -0.15) is 10.4 Å². The summed E-state index contributed by atoms with van der Waals surface area (Å²) in [6.07, 6.45) is 4.09. The molecule has 2 aliphatic rings. The molecule has 0 amide bonds. The van der Waals surface area contributed by atoms with Crippen molar-refractivity contribution in [3.8, 4) is 6.07 Å². The van der Waals surface area contributed by atoms with Crippen molar-refractivity contribution in [2.75, 3.05) is 4.90 Å². The third-order valence-electron chi connectivity index (χ3n) is 5.81. The van der Waals surface area contributed by atoms with Gasteiger partial charge in [0.25, 0.3) is 5.69 Å². The van der Waals surface area contributed by atoms with Crippen LogP contribution in [0, 0.1) is 26.9 Å². The zero-order valence-corrected chi connectivity index (χ0v) is 18.6. The molecule has 0 radical (unpaired) electrons. The Morgan fingerprint density at radius 3 is 2.69 bits per heavy atom. The normalized spacial score (nSPS) is 20.3. The van der Waals surface area contributed by atoms with Gasteiger partial charge in [0.15, 0.2) is 5.78 Å². The summed E-state index contributed by atoms with van der Waals surface area (Å²) in [4.78, 5) is 26.2. The van der Waals surface area contributed by atoms with Crippen LogP contribution in [0.4, 0.5) is 11.4 Å². The highest BCUT2D eigenvalue weighted by molar-refractivity contribution is 6.31. The number of hydrogen-bond acceptors (Lipinski definition) is 7. The molecule has 2 heterocycles. The maximum Gasteiger partial charge on any atom is 0.294 e. The molecular formula is C22H21ClN6O3. The standard InChI is InChI=1S/C22H21ClN6O3/c1-22(2)7-17-20(18(30)8-22)19(12-10-26-27(3)11-12)14(9-24)21(25)28(17)15-5-4-13(23)6-16(15)29(31)32/h4-6,10-11,19H,7-8,25H2,1-3H3/t19-/m1/s1. The molecule has 9 nitrogen and oxygen atoms in total. The van der Waals surface area contributed by atoms with E-state index in [0.29, 0.717) is 23.3 Å². The fourth-order valence-electron chi connectivity index (χ4n) is 4.54. The Labute approximate surface area is 189 Å². The number of nitro groups is 1. The van der Waals surface area contributed by atoms with Crippen molar-refractivity contribution in [2.45, 2.75) is 32.6 Å². The van der Waals surface area contributed by atoms with E-state index in [1.807, 2.05) is 13.8 Å². The lowest BCUT2D eigenvalue weighted by atomic mass is 9.69. The number of ketones is 1. The number of nitriles is 1. The van der Waals surface area contributed by atoms with E-state index in [-0.39, 0.29) is 45.4 Å². The average Bonchev–Trinajstić information content (AvgIpc) is 3.12. The summed E-state index contributed by atoms with van der Waals surface area (Å²) in [6, 6.07) is 6.38. The highest BCUT2D eigenvalue weighted by Crippen LogP contribution is 2.51. The van der Waals surface area contributed by atoms with E-state index in [1.165, 1.54) is 23.1 Å². The smallest absolute Gasteiger partial charge is 0.294 e. The minimum Gasteiger partial charge on any atom is -0.384 e. The number of carbonyl (C=O) groups excluding carboxylic acids is 1. The Kier molecular flexibility index (Phi) is 5.06. The highest BCUT2D eigenvalue weighted by atomic mass is 35.5. The second kappa shape index (κ2) is 7.50. The Balaban J connectivity index is 2.05. The fourth-order valence-corrected chi connectivity index (χ4v) is 4.70. The van der Waals surface area contributed by atoms with Crippen LogP contribution in [0.1, 0.15) is 38.2 Å². The number of anilines is 1. The van der Waals surface area contributed by atoms with Crippen LogP contribution in [0.2, 0.25) is 5.02 Å². The molecule has 164 valence electrons. The molecule has 2 N–H and O–H groups in total. The number of rotatable bonds is 3. The van der Waals surface area contributed by atoms with Gasteiger partial charge in [-0.15, -0.1) is 0 Å². The molecule has 32 heavy (non-hydrogen) atoms. The molecule has 10 heteroatoms. The van der Waals surface area contributed by atoms with Crippen molar-refractivity contribution >= 4 is 28.8 Å². The number of nitrogens with zero attached hydrogens (tertiary/aromatic N) is 5. The predicted octanol–water partition coefficient (Wildman–Crippen LogP) is 3.92. The lowest BCUT2D eigenvalue weighted by Gasteiger charge is -2.43. The second-order valence-corrected chi connectivity index (χ2v) is 9.25. The molecule has 4 rings (SSSR count). The number of nitrogens with two attached hydrogens (primary N) is 1. The molecule has 0 fully saturated rings. The topological polar surface area (TPSA) is 131 Å². The third kappa shape index (κ3) is 3.42. The Hall–Kier alpha value is -3.64. The zero-order chi connectivity index (χ0) is 23.4. The molecule has 1 aromatic carbocycles. The quantitative estimate of drug-likeness (QED) is 0.551. The summed E-state index contributed by atoms with van der Waals surface area (Å²) in [5, 5.41) is 26.2. The minimum absolute atomic E-state index is 0.0519. The van der Waals surface area contributed by atoms with Gasteiger partial charge in [0.1, 0.15) is 11.5 Å². The minimum atomic E-state index is -0.685. The number of aromatic nitrogens is 2. The van der Waals surface area contributed by atoms with Gasteiger partial charge in [0.2, 0.25) is 0 Å². The monoisotopic (exact) mass is 452 g/mol. The van der Waals surface area contributed by atoms with Crippen molar-refractivity contribution < 1.29 is 9.72 Å². The molecule has 2 aromatic rings. The lowest BCUT2D eigenvalue weighted by molar-refractivity contribution is -0.384. The van der Waals surface area contributed by atoms with Crippen molar-refractivity contribution in [1.82, 2.24) is 9.78 Å². The first kappa shape index (κ1) is 21.6. The number of allylic oxidation sites excluding steroid dienone is 3. The summed E-state index contributed by atoms with van der Waals surface area (Å²) < 4.78 is 1.59. The van der Waals surface area contributed by atoms with Crippen LogP contribution in [0.15, 0.2) is 53.3 Å². The second-order valence-electron chi connectivity index (χ2n) is 8.82. The maximum absolute atomic E-state index is 13.4. The lowest BCUT2D eigenvalue weighted by Crippen LogP contribution is -2.42. The van der Waals surface area contributed by atoms with E-state index >= 15 is 0 Å². The Morgan fingerprint density at radius 2 is 2.09 bits per heavy atom. The number of nitro benzene ring substituents is 1. The number of carbonyl (C=O) groups is 1. The van der Waals surface area contributed by atoms with E-state index in [4.69, 9.17) is 17.3 Å². The Morgan fingerprint density at radius 1 is 1.38 bits per heavy atom. The van der Waals surface area contributed by atoms with Crippen LogP contribution in [-0.4, -0.2) is 20.5 Å². The number of aryl methyl sites for hydroxylation is 1. The summed E-state index contributed by atoms with van der Waals surface area (Å²) >= 11 is 6.01. The van der Waals surface area contributed by atoms with Crippen LogP contribution < -0.4 is 10.6 Å². The van der Waals surface area contributed by atoms with E-state index in [2.05, 4.69) is 11.2 Å². The van der Waals surface area contributed by atoms with E-state index in [1.54, 1.807) is 24.1 Å².